The van der Waals surface area contributed by atoms with Crippen molar-refractivity contribution in [1.29, 1.82) is 0 Å². The standard InChI is InChI=1S/C28H34N6O2/c1-28(36-3,27-31-29-18-32(27)2)20-8-7-9-22(14-20)34-17-24(19-10-11-19)23-15-21(30-25(23)26(34)35)16-33-12-5-4-6-13-33/h7-9,14-15,17-19,30H,4-6,10-13,16H2,1-3H3. The monoisotopic (exact) mass is 486 g/mol. The van der Waals surface area contributed by atoms with Gasteiger partial charge in [0.05, 0.1) is 0 Å². The van der Waals surface area contributed by atoms with Gasteiger partial charge in [-0.3, -0.25) is 14.3 Å². The SMILES string of the molecule is COC(C)(c1cccc(-n2cc(C3CC3)c3cc(CN4CCCCC4)[nH]c3c2=O)c1)c1nncn1C. The lowest BCUT2D eigenvalue weighted by Gasteiger charge is -2.28. The van der Waals surface area contributed by atoms with E-state index < -0.39 is 5.60 Å². The summed E-state index contributed by atoms with van der Waals surface area (Å²) in [6.07, 6.45) is 9.91. The first-order valence-corrected chi connectivity index (χ1v) is 13.0. The lowest BCUT2D eigenvalue weighted by molar-refractivity contribution is 0.0288. The summed E-state index contributed by atoms with van der Waals surface area (Å²) in [4.78, 5) is 19.8. The second kappa shape index (κ2) is 9.01. The van der Waals surface area contributed by atoms with E-state index in [-0.39, 0.29) is 5.56 Å². The van der Waals surface area contributed by atoms with Gasteiger partial charge in [0, 0.05) is 43.7 Å². The van der Waals surface area contributed by atoms with Gasteiger partial charge in [0.25, 0.3) is 5.56 Å². The molecule has 1 aliphatic heterocycles. The van der Waals surface area contributed by atoms with Gasteiger partial charge in [-0.05, 0) is 80.9 Å². The van der Waals surface area contributed by atoms with Crippen molar-refractivity contribution in [1.82, 2.24) is 29.2 Å². The van der Waals surface area contributed by atoms with E-state index >= 15 is 0 Å². The van der Waals surface area contributed by atoms with Crippen LogP contribution in [0.5, 0.6) is 0 Å². The molecule has 2 fully saturated rings. The minimum atomic E-state index is -0.803. The third-order valence-corrected chi connectivity index (χ3v) is 7.97. The molecule has 0 spiro atoms. The number of nitrogens with zero attached hydrogens (tertiary/aromatic N) is 5. The number of hydrogen-bond acceptors (Lipinski definition) is 5. The number of methoxy groups -OCH3 is 1. The minimum absolute atomic E-state index is 0.0192. The van der Waals surface area contributed by atoms with Gasteiger partial charge < -0.3 is 14.3 Å². The van der Waals surface area contributed by atoms with Crippen molar-refractivity contribution in [3.05, 3.63) is 75.9 Å². The fourth-order valence-electron chi connectivity index (χ4n) is 5.66. The highest BCUT2D eigenvalue weighted by Crippen LogP contribution is 2.43. The van der Waals surface area contributed by atoms with Gasteiger partial charge in [-0.25, -0.2) is 0 Å². The summed E-state index contributed by atoms with van der Waals surface area (Å²) >= 11 is 0. The number of pyridine rings is 1. The van der Waals surface area contributed by atoms with Crippen molar-refractivity contribution in [2.45, 2.75) is 57.1 Å². The van der Waals surface area contributed by atoms with Crippen LogP contribution in [0, 0.1) is 0 Å². The first-order valence-electron chi connectivity index (χ1n) is 13.0. The summed E-state index contributed by atoms with van der Waals surface area (Å²) in [5, 5.41) is 9.43. The number of benzene rings is 1. The molecule has 4 heterocycles. The van der Waals surface area contributed by atoms with E-state index in [4.69, 9.17) is 4.74 Å². The molecule has 0 amide bonds. The summed E-state index contributed by atoms with van der Waals surface area (Å²) in [7, 11) is 3.58. The number of piperidine rings is 1. The molecule has 1 aliphatic carbocycles. The van der Waals surface area contributed by atoms with Crippen LogP contribution in [-0.2, 0) is 23.9 Å². The summed E-state index contributed by atoms with van der Waals surface area (Å²) in [6.45, 7) is 5.12. The number of H-pyrrole nitrogens is 1. The number of aromatic nitrogens is 5. The highest BCUT2D eigenvalue weighted by Gasteiger charge is 2.34. The molecule has 1 aromatic carbocycles. The van der Waals surface area contributed by atoms with E-state index in [0.717, 1.165) is 42.0 Å². The maximum atomic E-state index is 13.8. The molecule has 0 bridgehead atoms. The summed E-state index contributed by atoms with van der Waals surface area (Å²) in [6, 6.07) is 10.2. The molecule has 36 heavy (non-hydrogen) atoms. The fourth-order valence-corrected chi connectivity index (χ4v) is 5.66. The van der Waals surface area contributed by atoms with Crippen LogP contribution in [-0.4, -0.2) is 49.4 Å². The Labute approximate surface area is 210 Å². The Morgan fingerprint density at radius 1 is 1.17 bits per heavy atom. The third-order valence-electron chi connectivity index (χ3n) is 7.97. The molecule has 188 valence electrons. The van der Waals surface area contributed by atoms with Crippen LogP contribution in [0.4, 0.5) is 0 Å². The van der Waals surface area contributed by atoms with Crippen LogP contribution in [0.25, 0.3) is 16.6 Å². The molecule has 6 rings (SSSR count). The quantitative estimate of drug-likeness (QED) is 0.423. The second-order valence-electron chi connectivity index (χ2n) is 10.5. The van der Waals surface area contributed by atoms with Crippen molar-refractivity contribution in [2.24, 2.45) is 7.05 Å². The molecular weight excluding hydrogens is 452 g/mol. The summed E-state index contributed by atoms with van der Waals surface area (Å²) in [5.74, 6) is 1.22. The Morgan fingerprint density at radius 2 is 1.97 bits per heavy atom. The van der Waals surface area contributed by atoms with Crippen LogP contribution in [0.2, 0.25) is 0 Å². The van der Waals surface area contributed by atoms with Gasteiger partial charge in [0.2, 0.25) is 0 Å². The zero-order valence-electron chi connectivity index (χ0n) is 21.3. The predicted molar refractivity (Wildman–Crippen MR) is 139 cm³/mol. The average Bonchev–Trinajstić information content (AvgIpc) is 3.51. The molecule has 1 saturated heterocycles. The van der Waals surface area contributed by atoms with E-state index in [9.17, 15) is 4.79 Å². The lowest BCUT2D eigenvalue weighted by Crippen LogP contribution is -2.30. The molecule has 1 unspecified atom stereocenters. The number of nitrogens with one attached hydrogen (secondary N) is 1. The normalized spacial score (nSPS) is 18.5. The van der Waals surface area contributed by atoms with Crippen LogP contribution in [0.3, 0.4) is 0 Å². The van der Waals surface area contributed by atoms with Crippen molar-refractivity contribution in [3.63, 3.8) is 0 Å². The van der Waals surface area contributed by atoms with E-state index in [1.807, 2.05) is 42.8 Å². The van der Waals surface area contributed by atoms with Gasteiger partial charge in [0.15, 0.2) is 5.82 Å². The number of likely N-dealkylation sites (tertiary alicyclic amines) is 1. The zero-order valence-corrected chi connectivity index (χ0v) is 21.3. The van der Waals surface area contributed by atoms with Crippen LogP contribution >= 0.6 is 0 Å². The number of fused-ring (bicyclic) bond motifs is 1. The van der Waals surface area contributed by atoms with Crippen molar-refractivity contribution < 1.29 is 4.74 Å². The molecule has 4 aromatic rings. The van der Waals surface area contributed by atoms with Crippen molar-refractivity contribution >= 4 is 10.9 Å². The van der Waals surface area contributed by atoms with Gasteiger partial charge in [-0.2, -0.15) is 0 Å². The Kier molecular flexibility index (Phi) is 5.80. The molecule has 8 nitrogen and oxygen atoms in total. The van der Waals surface area contributed by atoms with E-state index in [2.05, 4.69) is 32.3 Å². The van der Waals surface area contributed by atoms with Gasteiger partial charge in [0.1, 0.15) is 17.4 Å². The molecule has 0 radical (unpaired) electrons. The zero-order chi connectivity index (χ0) is 24.9. The maximum Gasteiger partial charge on any atom is 0.279 e. The number of aromatic amines is 1. The van der Waals surface area contributed by atoms with Crippen molar-refractivity contribution in [3.8, 4) is 5.69 Å². The predicted octanol–water partition coefficient (Wildman–Crippen LogP) is 4.22. The first-order chi connectivity index (χ1) is 17.5. The Morgan fingerprint density at radius 3 is 2.67 bits per heavy atom. The molecule has 3 aromatic heterocycles. The number of aryl methyl sites for hydroxylation is 1. The number of hydrogen-bond donors (Lipinski definition) is 1. The van der Waals surface area contributed by atoms with E-state index in [0.29, 0.717) is 17.3 Å². The van der Waals surface area contributed by atoms with Gasteiger partial charge >= 0.3 is 0 Å². The van der Waals surface area contributed by atoms with Crippen LogP contribution in [0.1, 0.15) is 67.6 Å². The maximum absolute atomic E-state index is 13.8. The number of ether oxygens (including phenoxy) is 1. The molecule has 1 saturated carbocycles. The molecule has 2 aliphatic rings. The van der Waals surface area contributed by atoms with E-state index in [1.165, 1.54) is 37.7 Å². The second-order valence-corrected chi connectivity index (χ2v) is 10.5. The van der Waals surface area contributed by atoms with Crippen LogP contribution in [0.15, 0.2) is 47.7 Å². The van der Waals surface area contributed by atoms with Gasteiger partial charge in [-0.15, -0.1) is 10.2 Å². The largest absolute Gasteiger partial charge is 0.366 e. The Bertz CT molecular complexity index is 1460. The topological polar surface area (TPSA) is 81.0 Å². The summed E-state index contributed by atoms with van der Waals surface area (Å²) in [5.41, 5.74) is 4.01. The Balaban J connectivity index is 1.44. The molecular formula is C28H34N6O2. The van der Waals surface area contributed by atoms with Crippen molar-refractivity contribution in [2.75, 3.05) is 20.2 Å². The van der Waals surface area contributed by atoms with E-state index in [1.54, 1.807) is 18.0 Å². The third kappa shape index (κ3) is 3.98. The van der Waals surface area contributed by atoms with Crippen LogP contribution < -0.4 is 5.56 Å². The van der Waals surface area contributed by atoms with Gasteiger partial charge in [-0.1, -0.05) is 18.6 Å². The highest BCUT2D eigenvalue weighted by atomic mass is 16.5. The number of rotatable bonds is 7. The average molecular weight is 487 g/mol. The first kappa shape index (κ1) is 23.2. The fraction of sp³-hybridized carbons (Fsp3) is 0.464. The highest BCUT2D eigenvalue weighted by molar-refractivity contribution is 5.84. The lowest BCUT2D eigenvalue weighted by atomic mass is 9.94. The smallest absolute Gasteiger partial charge is 0.279 e. The molecule has 1 atom stereocenters. The Hall–Kier alpha value is -3.23. The molecule has 1 N–H and O–H groups in total. The minimum Gasteiger partial charge on any atom is -0.366 e. The molecule has 8 heteroatoms. The summed E-state index contributed by atoms with van der Waals surface area (Å²) < 4.78 is 9.63.